The number of ether oxygens (including phenoxy) is 1. The van der Waals surface area contributed by atoms with Crippen molar-refractivity contribution in [2.75, 3.05) is 20.7 Å². The number of rotatable bonds is 5. The van der Waals surface area contributed by atoms with Gasteiger partial charge < -0.3 is 15.4 Å². The molecule has 2 N–H and O–H groups in total. The molecule has 0 aliphatic rings. The monoisotopic (exact) mass is 426 g/mol. The molecule has 0 saturated carbocycles. The van der Waals surface area contributed by atoms with Crippen molar-refractivity contribution in [2.24, 2.45) is 10.9 Å². The van der Waals surface area contributed by atoms with Crippen molar-refractivity contribution in [2.45, 2.75) is 27.3 Å². The van der Waals surface area contributed by atoms with Gasteiger partial charge in [-0.05, 0) is 13.8 Å². The Morgan fingerprint density at radius 3 is 2.57 bits per heavy atom. The summed E-state index contributed by atoms with van der Waals surface area (Å²) in [6, 6.07) is 0. The highest BCUT2D eigenvalue weighted by Gasteiger charge is 2.13. The van der Waals surface area contributed by atoms with Crippen molar-refractivity contribution < 1.29 is 9.53 Å². The standard InChI is InChI=1S/C13H22N4O2S.HI/c1-8(12(18)19-5)6-15-13(14-4)16-7-11-9(2)17-10(3)20-11;/h8H,6-7H2,1-5H3,(H2,14,15,16);1H. The van der Waals surface area contributed by atoms with Crippen molar-refractivity contribution in [3.63, 3.8) is 0 Å². The number of guanidine groups is 1. The third-order valence-corrected chi connectivity index (χ3v) is 3.89. The van der Waals surface area contributed by atoms with Crippen molar-refractivity contribution in [1.29, 1.82) is 0 Å². The molecular formula is C13H23IN4O2S. The van der Waals surface area contributed by atoms with Gasteiger partial charge in [0.25, 0.3) is 0 Å². The number of carbonyl (C=O) groups excluding carboxylic acids is 1. The Morgan fingerprint density at radius 1 is 1.43 bits per heavy atom. The average Bonchev–Trinajstić information content (AvgIpc) is 2.75. The number of hydrogen-bond donors (Lipinski definition) is 2. The third-order valence-electron chi connectivity index (χ3n) is 2.82. The van der Waals surface area contributed by atoms with E-state index in [1.54, 1.807) is 18.4 Å². The normalized spacial score (nSPS) is 12.3. The summed E-state index contributed by atoms with van der Waals surface area (Å²) in [6.07, 6.45) is 0. The smallest absolute Gasteiger partial charge is 0.310 e. The Kier molecular flexibility index (Phi) is 9.51. The number of carbonyl (C=O) groups is 1. The molecule has 0 amide bonds. The molecule has 0 spiro atoms. The maximum absolute atomic E-state index is 11.3. The lowest BCUT2D eigenvalue weighted by molar-refractivity contribution is -0.144. The van der Waals surface area contributed by atoms with Crippen LogP contribution in [0.25, 0.3) is 0 Å². The first kappa shape index (κ1) is 20.1. The van der Waals surface area contributed by atoms with E-state index in [1.807, 2.05) is 20.8 Å². The quantitative estimate of drug-likeness (QED) is 0.325. The number of aromatic nitrogens is 1. The van der Waals surface area contributed by atoms with E-state index in [-0.39, 0.29) is 35.9 Å². The van der Waals surface area contributed by atoms with E-state index >= 15 is 0 Å². The van der Waals surface area contributed by atoms with Crippen LogP contribution in [0.15, 0.2) is 4.99 Å². The summed E-state index contributed by atoms with van der Waals surface area (Å²) in [5, 5.41) is 7.37. The van der Waals surface area contributed by atoms with Gasteiger partial charge in [-0.25, -0.2) is 4.98 Å². The molecule has 0 saturated heterocycles. The Hall–Kier alpha value is -0.900. The molecule has 0 radical (unpaired) electrons. The number of nitrogens with zero attached hydrogens (tertiary/aromatic N) is 2. The minimum absolute atomic E-state index is 0. The van der Waals surface area contributed by atoms with Gasteiger partial charge in [0, 0.05) is 18.5 Å². The molecule has 1 aromatic heterocycles. The van der Waals surface area contributed by atoms with Crippen LogP contribution in [-0.2, 0) is 16.1 Å². The Labute approximate surface area is 146 Å². The van der Waals surface area contributed by atoms with Crippen molar-refractivity contribution in [3.05, 3.63) is 15.6 Å². The fourth-order valence-corrected chi connectivity index (χ4v) is 2.53. The van der Waals surface area contributed by atoms with Crippen LogP contribution in [0.3, 0.4) is 0 Å². The van der Waals surface area contributed by atoms with Gasteiger partial charge in [0.05, 0.1) is 30.3 Å². The van der Waals surface area contributed by atoms with E-state index in [9.17, 15) is 4.79 Å². The second-order valence-corrected chi connectivity index (χ2v) is 5.76. The summed E-state index contributed by atoms with van der Waals surface area (Å²) >= 11 is 1.67. The molecular weight excluding hydrogens is 403 g/mol. The molecule has 0 fully saturated rings. The molecule has 8 heteroatoms. The molecule has 1 unspecified atom stereocenters. The average molecular weight is 426 g/mol. The number of aliphatic imine (C=N–C) groups is 1. The lowest BCUT2D eigenvalue weighted by atomic mass is 10.2. The van der Waals surface area contributed by atoms with E-state index in [2.05, 4.69) is 25.3 Å². The van der Waals surface area contributed by atoms with Crippen molar-refractivity contribution >= 4 is 47.2 Å². The Balaban J connectivity index is 0.00000400. The molecule has 21 heavy (non-hydrogen) atoms. The summed E-state index contributed by atoms with van der Waals surface area (Å²) in [4.78, 5) is 21.0. The number of aryl methyl sites for hydroxylation is 2. The number of esters is 1. The summed E-state index contributed by atoms with van der Waals surface area (Å²) in [5.74, 6) is 0.207. The number of nitrogens with one attached hydrogen (secondary N) is 2. The molecule has 1 heterocycles. The first-order valence-electron chi connectivity index (χ1n) is 6.43. The van der Waals surface area contributed by atoms with Crippen LogP contribution in [-0.4, -0.2) is 37.6 Å². The van der Waals surface area contributed by atoms with Gasteiger partial charge in [0.1, 0.15) is 0 Å². The van der Waals surface area contributed by atoms with E-state index in [0.29, 0.717) is 19.0 Å². The van der Waals surface area contributed by atoms with Gasteiger partial charge in [0.15, 0.2) is 5.96 Å². The largest absolute Gasteiger partial charge is 0.469 e. The lowest BCUT2D eigenvalue weighted by Crippen LogP contribution is -2.40. The minimum atomic E-state index is -0.234. The predicted octanol–water partition coefficient (Wildman–Crippen LogP) is 1.85. The Bertz CT molecular complexity index is 491. The highest BCUT2D eigenvalue weighted by molar-refractivity contribution is 14.0. The number of thiazole rings is 1. The summed E-state index contributed by atoms with van der Waals surface area (Å²) in [5.41, 5.74) is 1.04. The highest BCUT2D eigenvalue weighted by Crippen LogP contribution is 2.16. The molecule has 1 rings (SSSR count). The molecule has 120 valence electrons. The van der Waals surface area contributed by atoms with Crippen LogP contribution in [0.4, 0.5) is 0 Å². The summed E-state index contributed by atoms with van der Waals surface area (Å²) < 4.78 is 4.68. The number of hydrogen-bond acceptors (Lipinski definition) is 5. The van der Waals surface area contributed by atoms with Crippen LogP contribution in [0, 0.1) is 19.8 Å². The zero-order chi connectivity index (χ0) is 15.1. The molecule has 0 bridgehead atoms. The number of methoxy groups -OCH3 is 1. The molecule has 1 atom stereocenters. The van der Waals surface area contributed by atoms with Crippen LogP contribution in [0.1, 0.15) is 22.5 Å². The van der Waals surface area contributed by atoms with Crippen LogP contribution < -0.4 is 10.6 Å². The Morgan fingerprint density at radius 2 is 2.10 bits per heavy atom. The number of halogens is 1. The first-order valence-corrected chi connectivity index (χ1v) is 7.24. The summed E-state index contributed by atoms with van der Waals surface area (Å²) in [6.45, 7) is 6.95. The van der Waals surface area contributed by atoms with E-state index in [1.165, 1.54) is 12.0 Å². The molecule has 0 aliphatic carbocycles. The maximum atomic E-state index is 11.3. The lowest BCUT2D eigenvalue weighted by Gasteiger charge is -2.14. The van der Waals surface area contributed by atoms with Crippen molar-refractivity contribution in [1.82, 2.24) is 15.6 Å². The zero-order valence-corrected chi connectivity index (χ0v) is 16.2. The van der Waals surface area contributed by atoms with E-state index < -0.39 is 0 Å². The second kappa shape index (κ2) is 9.93. The SMILES string of the molecule is CN=C(NCc1sc(C)nc1C)NCC(C)C(=O)OC.I. The predicted molar refractivity (Wildman–Crippen MR) is 96.4 cm³/mol. The van der Waals surface area contributed by atoms with Gasteiger partial charge in [-0.3, -0.25) is 9.79 Å². The fourth-order valence-electron chi connectivity index (χ4n) is 1.66. The second-order valence-electron chi connectivity index (χ2n) is 4.47. The highest BCUT2D eigenvalue weighted by atomic mass is 127. The van der Waals surface area contributed by atoms with Gasteiger partial charge in [-0.15, -0.1) is 35.3 Å². The van der Waals surface area contributed by atoms with Crippen LogP contribution in [0.5, 0.6) is 0 Å². The molecule has 0 aromatic carbocycles. The topological polar surface area (TPSA) is 75.6 Å². The maximum Gasteiger partial charge on any atom is 0.310 e. The van der Waals surface area contributed by atoms with Gasteiger partial charge in [-0.2, -0.15) is 0 Å². The first-order chi connectivity index (χ1) is 9.47. The fraction of sp³-hybridized carbons (Fsp3) is 0.615. The van der Waals surface area contributed by atoms with Crippen LogP contribution in [0.2, 0.25) is 0 Å². The van der Waals surface area contributed by atoms with E-state index in [0.717, 1.165) is 10.7 Å². The van der Waals surface area contributed by atoms with Gasteiger partial charge >= 0.3 is 5.97 Å². The minimum Gasteiger partial charge on any atom is -0.469 e. The van der Waals surface area contributed by atoms with E-state index in [4.69, 9.17) is 0 Å². The molecule has 1 aromatic rings. The van der Waals surface area contributed by atoms with Crippen molar-refractivity contribution in [3.8, 4) is 0 Å². The third kappa shape index (κ3) is 6.60. The van der Waals surface area contributed by atoms with Crippen LogP contribution >= 0.6 is 35.3 Å². The summed E-state index contributed by atoms with van der Waals surface area (Å²) in [7, 11) is 3.09. The van der Waals surface area contributed by atoms with Gasteiger partial charge in [0.2, 0.25) is 0 Å². The molecule has 6 nitrogen and oxygen atoms in total. The zero-order valence-electron chi connectivity index (χ0n) is 13.0. The molecule has 0 aliphatic heterocycles. The van der Waals surface area contributed by atoms with Gasteiger partial charge in [-0.1, -0.05) is 6.92 Å².